The Labute approximate surface area is 97.9 Å². The maximum Gasteiger partial charge on any atom is 0.323 e. The molecule has 0 amide bonds. The molecular weight excluding hydrogens is 202 g/mol. The first-order valence-corrected chi connectivity index (χ1v) is 6.76. The lowest BCUT2D eigenvalue weighted by molar-refractivity contribution is -0.148. The van der Waals surface area contributed by atoms with E-state index in [1.807, 2.05) is 0 Å². The van der Waals surface area contributed by atoms with Gasteiger partial charge in [0.05, 0.1) is 6.61 Å². The van der Waals surface area contributed by atoms with Crippen LogP contribution in [0.2, 0.25) is 0 Å². The van der Waals surface area contributed by atoms with E-state index in [1.54, 1.807) is 0 Å². The summed E-state index contributed by atoms with van der Waals surface area (Å²) < 4.78 is 5.42. The highest BCUT2D eigenvalue weighted by atomic mass is 16.5. The van der Waals surface area contributed by atoms with E-state index in [4.69, 9.17) is 4.74 Å². The predicted molar refractivity (Wildman–Crippen MR) is 63.2 cm³/mol. The van der Waals surface area contributed by atoms with E-state index < -0.39 is 0 Å². The molecule has 1 heterocycles. The summed E-state index contributed by atoms with van der Waals surface area (Å²) in [5, 5.41) is 3.23. The van der Waals surface area contributed by atoms with Crippen molar-refractivity contribution >= 4 is 5.97 Å². The minimum absolute atomic E-state index is 0.0229. The first kappa shape index (κ1) is 11.9. The van der Waals surface area contributed by atoms with Crippen molar-refractivity contribution < 1.29 is 9.53 Å². The summed E-state index contributed by atoms with van der Waals surface area (Å²) in [6.45, 7) is 1.61. The molecule has 0 spiro atoms. The Kier molecular flexibility index (Phi) is 4.64. The largest absolute Gasteiger partial charge is 0.464 e. The van der Waals surface area contributed by atoms with Crippen molar-refractivity contribution in [3.8, 4) is 0 Å². The second-order valence-corrected chi connectivity index (χ2v) is 5.14. The second kappa shape index (κ2) is 6.24. The Hall–Kier alpha value is -0.570. The lowest BCUT2D eigenvalue weighted by Gasteiger charge is -2.25. The van der Waals surface area contributed by atoms with Crippen molar-refractivity contribution in [2.24, 2.45) is 5.92 Å². The van der Waals surface area contributed by atoms with Crippen molar-refractivity contribution in [3.63, 3.8) is 0 Å². The number of carbonyl (C=O) groups excluding carboxylic acids is 1. The van der Waals surface area contributed by atoms with Crippen molar-refractivity contribution in [1.29, 1.82) is 0 Å². The molecule has 0 unspecified atom stereocenters. The van der Waals surface area contributed by atoms with Gasteiger partial charge in [-0.3, -0.25) is 4.79 Å². The third-order valence-corrected chi connectivity index (χ3v) is 3.78. The first-order chi connectivity index (χ1) is 7.86. The fourth-order valence-electron chi connectivity index (χ4n) is 2.71. The fraction of sp³-hybridized carbons (Fsp3) is 0.923. The second-order valence-electron chi connectivity index (χ2n) is 5.14. The van der Waals surface area contributed by atoms with E-state index in [2.05, 4.69) is 5.32 Å². The molecule has 16 heavy (non-hydrogen) atoms. The van der Waals surface area contributed by atoms with Gasteiger partial charge in [0.2, 0.25) is 0 Å². The molecule has 0 bridgehead atoms. The Morgan fingerprint density at radius 1 is 1.06 bits per heavy atom. The molecule has 3 heteroatoms. The molecule has 0 aromatic rings. The van der Waals surface area contributed by atoms with Crippen LogP contribution in [0.25, 0.3) is 0 Å². The van der Waals surface area contributed by atoms with Gasteiger partial charge in [-0.1, -0.05) is 25.7 Å². The van der Waals surface area contributed by atoms with E-state index in [9.17, 15) is 4.79 Å². The van der Waals surface area contributed by atoms with Crippen LogP contribution in [0.5, 0.6) is 0 Å². The van der Waals surface area contributed by atoms with Crippen LogP contribution < -0.4 is 5.32 Å². The lowest BCUT2D eigenvalue weighted by Crippen LogP contribution is -2.41. The van der Waals surface area contributed by atoms with Gasteiger partial charge in [-0.15, -0.1) is 0 Å². The van der Waals surface area contributed by atoms with Crippen molar-refractivity contribution in [1.82, 2.24) is 5.32 Å². The number of esters is 1. The zero-order valence-corrected chi connectivity index (χ0v) is 10.0. The van der Waals surface area contributed by atoms with E-state index in [-0.39, 0.29) is 12.0 Å². The van der Waals surface area contributed by atoms with Crippen molar-refractivity contribution in [2.75, 3.05) is 13.2 Å². The molecule has 0 aromatic carbocycles. The zero-order chi connectivity index (χ0) is 11.2. The molecule has 3 nitrogen and oxygen atoms in total. The summed E-state index contributed by atoms with van der Waals surface area (Å²) in [5.41, 5.74) is 0. The topological polar surface area (TPSA) is 38.3 Å². The molecule has 1 aliphatic carbocycles. The van der Waals surface area contributed by atoms with Crippen LogP contribution >= 0.6 is 0 Å². The molecule has 1 N–H and O–H groups in total. The van der Waals surface area contributed by atoms with Gasteiger partial charge >= 0.3 is 5.97 Å². The average molecular weight is 225 g/mol. The Bertz CT molecular complexity index is 218. The summed E-state index contributed by atoms with van der Waals surface area (Å²) >= 11 is 0. The Morgan fingerprint density at radius 3 is 2.50 bits per heavy atom. The smallest absolute Gasteiger partial charge is 0.323 e. The first-order valence-electron chi connectivity index (χ1n) is 6.76. The quantitative estimate of drug-likeness (QED) is 0.749. The SMILES string of the molecule is O=C(OCC1CCCCC1)[C@@H]1CCCCN1. The third kappa shape index (κ3) is 3.48. The van der Waals surface area contributed by atoms with Gasteiger partial charge in [0.15, 0.2) is 0 Å². The molecule has 92 valence electrons. The molecule has 1 atom stereocenters. The van der Waals surface area contributed by atoms with Gasteiger partial charge in [0.25, 0.3) is 0 Å². The van der Waals surface area contributed by atoms with Gasteiger partial charge in [0.1, 0.15) is 6.04 Å². The zero-order valence-electron chi connectivity index (χ0n) is 10.0. The minimum Gasteiger partial charge on any atom is -0.464 e. The van der Waals surface area contributed by atoms with Crippen LogP contribution in [0.15, 0.2) is 0 Å². The van der Waals surface area contributed by atoms with Crippen molar-refractivity contribution in [2.45, 2.75) is 57.4 Å². The molecule has 0 radical (unpaired) electrons. The number of piperidine rings is 1. The standard InChI is InChI=1S/C13H23NO2/c15-13(12-8-4-5-9-14-12)16-10-11-6-2-1-3-7-11/h11-12,14H,1-10H2/t12-/m0/s1. The maximum absolute atomic E-state index is 11.8. The Morgan fingerprint density at radius 2 is 1.81 bits per heavy atom. The van der Waals surface area contributed by atoms with Gasteiger partial charge in [0, 0.05) is 0 Å². The summed E-state index contributed by atoms with van der Waals surface area (Å²) in [4.78, 5) is 11.8. The highest BCUT2D eigenvalue weighted by Gasteiger charge is 2.23. The van der Waals surface area contributed by atoms with Crippen LogP contribution in [-0.2, 0) is 9.53 Å². The van der Waals surface area contributed by atoms with E-state index in [1.165, 1.54) is 38.5 Å². The molecule has 2 aliphatic rings. The van der Waals surface area contributed by atoms with Crippen LogP contribution in [-0.4, -0.2) is 25.2 Å². The van der Waals surface area contributed by atoms with Gasteiger partial charge in [-0.05, 0) is 38.1 Å². The third-order valence-electron chi connectivity index (χ3n) is 3.78. The van der Waals surface area contributed by atoms with Crippen LogP contribution in [0.4, 0.5) is 0 Å². The molecule has 2 fully saturated rings. The van der Waals surface area contributed by atoms with Gasteiger partial charge in [-0.25, -0.2) is 0 Å². The fourth-order valence-corrected chi connectivity index (χ4v) is 2.71. The number of hydrogen-bond acceptors (Lipinski definition) is 3. The van der Waals surface area contributed by atoms with E-state index in [0.29, 0.717) is 12.5 Å². The molecule has 0 aromatic heterocycles. The number of nitrogens with one attached hydrogen (secondary N) is 1. The van der Waals surface area contributed by atoms with Crippen molar-refractivity contribution in [3.05, 3.63) is 0 Å². The van der Waals surface area contributed by atoms with Crippen LogP contribution in [0.1, 0.15) is 51.4 Å². The molecule has 1 saturated carbocycles. The number of ether oxygens (including phenoxy) is 1. The minimum atomic E-state index is -0.0302. The monoisotopic (exact) mass is 225 g/mol. The number of rotatable bonds is 3. The Balaban J connectivity index is 1.65. The highest BCUT2D eigenvalue weighted by molar-refractivity contribution is 5.75. The number of hydrogen-bond donors (Lipinski definition) is 1. The number of carbonyl (C=O) groups is 1. The van der Waals surface area contributed by atoms with Crippen LogP contribution in [0, 0.1) is 5.92 Å². The summed E-state index contributed by atoms with van der Waals surface area (Å²) in [5.74, 6) is 0.603. The van der Waals surface area contributed by atoms with E-state index >= 15 is 0 Å². The average Bonchev–Trinajstić information content (AvgIpc) is 2.38. The summed E-state index contributed by atoms with van der Waals surface area (Å²) in [7, 11) is 0. The predicted octanol–water partition coefficient (Wildman–Crippen LogP) is 2.25. The van der Waals surface area contributed by atoms with E-state index in [0.717, 1.165) is 19.4 Å². The molecule has 2 rings (SSSR count). The van der Waals surface area contributed by atoms with Gasteiger partial charge in [-0.2, -0.15) is 0 Å². The lowest BCUT2D eigenvalue weighted by atomic mass is 9.90. The maximum atomic E-state index is 11.8. The normalized spacial score (nSPS) is 27.6. The molecular formula is C13H23NO2. The highest BCUT2D eigenvalue weighted by Crippen LogP contribution is 2.23. The molecule has 1 aliphatic heterocycles. The van der Waals surface area contributed by atoms with Gasteiger partial charge < -0.3 is 10.1 Å². The summed E-state index contributed by atoms with van der Waals surface area (Å²) in [6, 6.07) is -0.0302. The molecule has 1 saturated heterocycles. The summed E-state index contributed by atoms with van der Waals surface area (Å²) in [6.07, 6.45) is 9.74. The van der Waals surface area contributed by atoms with Crippen LogP contribution in [0.3, 0.4) is 0 Å².